The molecule has 0 bridgehead atoms. The zero-order valence-electron chi connectivity index (χ0n) is 22.3. The number of rotatable bonds is 8. The number of carbonyl (C=O) groups is 2. The van der Waals surface area contributed by atoms with Crippen molar-refractivity contribution in [3.63, 3.8) is 0 Å². The summed E-state index contributed by atoms with van der Waals surface area (Å²) in [6.07, 6.45) is 1.51. The van der Waals surface area contributed by atoms with Crippen molar-refractivity contribution in [2.24, 2.45) is 0 Å². The average molecular weight is 533 g/mol. The minimum atomic E-state index is -0.879. The van der Waals surface area contributed by atoms with Gasteiger partial charge in [0.2, 0.25) is 0 Å². The number of benzene rings is 2. The molecular weight excluding hydrogens is 500 g/mol. The Labute approximate surface area is 227 Å². The van der Waals surface area contributed by atoms with Crippen LogP contribution in [0.2, 0.25) is 0 Å². The number of nitrogens with zero attached hydrogens (tertiary/aromatic N) is 4. The van der Waals surface area contributed by atoms with Gasteiger partial charge in [0.05, 0.1) is 62.2 Å². The summed E-state index contributed by atoms with van der Waals surface area (Å²) in [5, 5.41) is 16.1. The predicted octanol–water partition coefficient (Wildman–Crippen LogP) is 2.95. The number of likely N-dealkylation sites (tertiary alicyclic amines) is 1. The van der Waals surface area contributed by atoms with Crippen molar-refractivity contribution in [2.45, 2.75) is 13.0 Å². The Hall–Kier alpha value is -4.15. The largest absolute Gasteiger partial charge is 0.507 e. The van der Waals surface area contributed by atoms with Gasteiger partial charge in [0.25, 0.3) is 11.7 Å². The molecular formula is C29H32N4O6. The second-order valence-corrected chi connectivity index (χ2v) is 9.45. The van der Waals surface area contributed by atoms with E-state index in [2.05, 4.69) is 10.00 Å². The lowest BCUT2D eigenvalue weighted by atomic mass is 9.94. The van der Waals surface area contributed by atoms with Crippen LogP contribution in [-0.2, 0) is 14.3 Å². The third kappa shape index (κ3) is 5.00. The maximum Gasteiger partial charge on any atom is 0.295 e. The van der Waals surface area contributed by atoms with E-state index in [1.54, 1.807) is 30.0 Å². The second kappa shape index (κ2) is 11.3. The van der Waals surface area contributed by atoms with Crippen molar-refractivity contribution in [2.75, 3.05) is 53.6 Å². The fraction of sp³-hybridized carbons (Fsp3) is 0.345. The summed E-state index contributed by atoms with van der Waals surface area (Å²) in [6, 6.07) is 13.8. The number of para-hydroxylation sites is 1. The standard InChI is InChI=1S/C29H32N4O6/c1-19-23(18-30-33(19)20-7-5-4-6-8-20)27(34)25-26(22-17-21(37-2)9-10-24(22)38-3)32(29(36)28(25)35)12-11-31-13-15-39-16-14-31/h4-10,17-18,26,34H,11-16H2,1-3H3. The molecule has 1 amide bonds. The van der Waals surface area contributed by atoms with Gasteiger partial charge in [0.1, 0.15) is 17.3 Å². The quantitative estimate of drug-likeness (QED) is 0.268. The van der Waals surface area contributed by atoms with Crippen LogP contribution in [0.3, 0.4) is 0 Å². The number of ether oxygens (including phenoxy) is 3. The van der Waals surface area contributed by atoms with Gasteiger partial charge in [-0.15, -0.1) is 0 Å². The predicted molar refractivity (Wildman–Crippen MR) is 144 cm³/mol. The van der Waals surface area contributed by atoms with Gasteiger partial charge in [-0.3, -0.25) is 14.5 Å². The van der Waals surface area contributed by atoms with Gasteiger partial charge >= 0.3 is 0 Å². The molecule has 2 aliphatic rings. The molecule has 5 rings (SSSR count). The first-order valence-corrected chi connectivity index (χ1v) is 12.9. The summed E-state index contributed by atoms with van der Waals surface area (Å²) < 4.78 is 18.2. The minimum absolute atomic E-state index is 0.00996. The lowest BCUT2D eigenvalue weighted by Gasteiger charge is -2.31. The highest BCUT2D eigenvalue weighted by molar-refractivity contribution is 6.46. The molecule has 2 aromatic carbocycles. The number of methoxy groups -OCH3 is 2. The van der Waals surface area contributed by atoms with Crippen molar-refractivity contribution in [1.29, 1.82) is 0 Å². The van der Waals surface area contributed by atoms with Gasteiger partial charge in [0.15, 0.2) is 0 Å². The van der Waals surface area contributed by atoms with Crippen LogP contribution in [0, 0.1) is 6.92 Å². The number of amides is 1. The highest BCUT2D eigenvalue weighted by Crippen LogP contribution is 2.44. The monoisotopic (exact) mass is 532 g/mol. The number of aromatic nitrogens is 2. The van der Waals surface area contributed by atoms with E-state index in [0.29, 0.717) is 48.1 Å². The van der Waals surface area contributed by atoms with E-state index in [-0.39, 0.29) is 17.9 Å². The van der Waals surface area contributed by atoms with Crippen LogP contribution in [-0.4, -0.2) is 90.0 Å². The number of aliphatic hydroxyl groups is 1. The van der Waals surface area contributed by atoms with E-state index in [9.17, 15) is 14.7 Å². The maximum absolute atomic E-state index is 13.6. The van der Waals surface area contributed by atoms with Gasteiger partial charge in [-0.25, -0.2) is 4.68 Å². The van der Waals surface area contributed by atoms with Crippen LogP contribution in [0.5, 0.6) is 11.5 Å². The number of hydrogen-bond donors (Lipinski definition) is 1. The number of morpholine rings is 1. The molecule has 0 saturated carbocycles. The van der Waals surface area contributed by atoms with E-state index in [4.69, 9.17) is 14.2 Å². The van der Waals surface area contributed by atoms with Crippen molar-refractivity contribution in [1.82, 2.24) is 19.6 Å². The summed E-state index contributed by atoms with van der Waals surface area (Å²) >= 11 is 0. The molecule has 10 nitrogen and oxygen atoms in total. The number of aliphatic hydroxyl groups excluding tert-OH is 1. The molecule has 1 N–H and O–H groups in total. The van der Waals surface area contributed by atoms with Gasteiger partial charge in [-0.2, -0.15) is 5.10 Å². The summed E-state index contributed by atoms with van der Waals surface area (Å²) in [6.45, 7) is 5.39. The molecule has 1 atom stereocenters. The molecule has 10 heteroatoms. The summed E-state index contributed by atoms with van der Waals surface area (Å²) in [5.41, 5.74) is 2.36. The first kappa shape index (κ1) is 26.5. The Morgan fingerprint density at radius 1 is 1.05 bits per heavy atom. The first-order valence-electron chi connectivity index (χ1n) is 12.9. The van der Waals surface area contributed by atoms with Crippen LogP contribution < -0.4 is 9.47 Å². The van der Waals surface area contributed by atoms with Crippen LogP contribution in [0.25, 0.3) is 11.4 Å². The molecule has 1 unspecified atom stereocenters. The molecule has 0 radical (unpaired) electrons. The van der Waals surface area contributed by atoms with Crippen molar-refractivity contribution in [3.05, 3.63) is 77.1 Å². The molecule has 0 aliphatic carbocycles. The molecule has 2 aliphatic heterocycles. The van der Waals surface area contributed by atoms with E-state index in [1.165, 1.54) is 18.2 Å². The Morgan fingerprint density at radius 2 is 1.79 bits per heavy atom. The highest BCUT2D eigenvalue weighted by Gasteiger charge is 2.47. The molecule has 39 heavy (non-hydrogen) atoms. The number of carbonyl (C=O) groups excluding carboxylic acids is 2. The third-order valence-electron chi connectivity index (χ3n) is 7.30. The summed E-state index contributed by atoms with van der Waals surface area (Å²) in [7, 11) is 3.07. The third-order valence-corrected chi connectivity index (χ3v) is 7.30. The Morgan fingerprint density at radius 3 is 2.49 bits per heavy atom. The second-order valence-electron chi connectivity index (χ2n) is 9.45. The average Bonchev–Trinajstić information content (AvgIpc) is 3.48. The van der Waals surface area contributed by atoms with Crippen LogP contribution >= 0.6 is 0 Å². The normalized spacial score (nSPS) is 19.5. The van der Waals surface area contributed by atoms with Crippen LogP contribution in [0.15, 0.2) is 60.3 Å². The van der Waals surface area contributed by atoms with Crippen molar-refractivity contribution >= 4 is 17.4 Å². The smallest absolute Gasteiger partial charge is 0.295 e. The van der Waals surface area contributed by atoms with E-state index < -0.39 is 17.7 Å². The molecule has 2 saturated heterocycles. The van der Waals surface area contributed by atoms with Crippen molar-refractivity contribution < 1.29 is 28.9 Å². The topological polar surface area (TPSA) is 106 Å². The zero-order valence-corrected chi connectivity index (χ0v) is 22.3. The summed E-state index contributed by atoms with van der Waals surface area (Å²) in [5.74, 6) is -0.694. The number of Topliss-reactive ketones (excluding diaryl/α,β-unsaturated/α-hetero) is 1. The number of ketones is 1. The molecule has 0 spiro atoms. The van der Waals surface area contributed by atoms with Gasteiger partial charge in [0, 0.05) is 31.7 Å². The van der Waals surface area contributed by atoms with E-state index in [1.807, 2.05) is 37.3 Å². The molecule has 2 fully saturated rings. The fourth-order valence-corrected chi connectivity index (χ4v) is 5.18. The minimum Gasteiger partial charge on any atom is -0.507 e. The Bertz CT molecular complexity index is 1390. The van der Waals surface area contributed by atoms with Crippen molar-refractivity contribution in [3.8, 4) is 17.2 Å². The number of hydrogen-bond acceptors (Lipinski definition) is 8. The Kier molecular flexibility index (Phi) is 7.67. The SMILES string of the molecule is COc1ccc(OC)c(C2C(=C(O)c3cnn(-c4ccccc4)c3C)C(=O)C(=O)N2CCN2CCOCC2)c1. The lowest BCUT2D eigenvalue weighted by molar-refractivity contribution is -0.140. The maximum atomic E-state index is 13.6. The van der Waals surface area contributed by atoms with Crippen LogP contribution in [0.1, 0.15) is 22.9 Å². The summed E-state index contributed by atoms with van der Waals surface area (Å²) in [4.78, 5) is 30.7. The van der Waals surface area contributed by atoms with E-state index in [0.717, 1.165) is 18.8 Å². The molecule has 1 aromatic heterocycles. The highest BCUT2D eigenvalue weighted by atomic mass is 16.5. The first-order chi connectivity index (χ1) is 18.9. The molecule has 204 valence electrons. The van der Waals surface area contributed by atoms with E-state index >= 15 is 0 Å². The van der Waals surface area contributed by atoms with Gasteiger partial charge in [-0.05, 0) is 37.3 Å². The zero-order chi connectivity index (χ0) is 27.5. The van der Waals surface area contributed by atoms with Gasteiger partial charge < -0.3 is 24.2 Å². The fourth-order valence-electron chi connectivity index (χ4n) is 5.18. The molecule has 3 aromatic rings. The van der Waals surface area contributed by atoms with Gasteiger partial charge in [-0.1, -0.05) is 18.2 Å². The molecule has 3 heterocycles. The Balaban J connectivity index is 1.62. The van der Waals surface area contributed by atoms with Crippen LogP contribution in [0.4, 0.5) is 0 Å². The lowest BCUT2D eigenvalue weighted by Crippen LogP contribution is -2.42.